The second-order valence-corrected chi connectivity index (χ2v) is 4.30. The highest BCUT2D eigenvalue weighted by Crippen LogP contribution is 2.18. The SMILES string of the molecule is COCC(=O)NCc1cccnc1N1CCOCC1. The number of methoxy groups -OCH3 is 1. The lowest BCUT2D eigenvalue weighted by Gasteiger charge is -2.29. The first-order valence-corrected chi connectivity index (χ1v) is 6.33. The fourth-order valence-electron chi connectivity index (χ4n) is 2.00. The van der Waals surface area contributed by atoms with Crippen molar-refractivity contribution in [2.24, 2.45) is 0 Å². The van der Waals surface area contributed by atoms with Crippen LogP contribution in [-0.2, 0) is 20.8 Å². The quantitative estimate of drug-likeness (QED) is 0.823. The number of amides is 1. The van der Waals surface area contributed by atoms with Gasteiger partial charge in [-0.05, 0) is 6.07 Å². The first kappa shape index (κ1) is 13.8. The topological polar surface area (TPSA) is 63.7 Å². The van der Waals surface area contributed by atoms with E-state index in [2.05, 4.69) is 15.2 Å². The number of carbonyl (C=O) groups excluding carboxylic acids is 1. The van der Waals surface area contributed by atoms with E-state index in [1.165, 1.54) is 7.11 Å². The number of carbonyl (C=O) groups is 1. The Morgan fingerprint density at radius 2 is 2.32 bits per heavy atom. The number of pyridine rings is 1. The average Bonchev–Trinajstić information content (AvgIpc) is 2.47. The van der Waals surface area contributed by atoms with E-state index < -0.39 is 0 Å². The molecule has 1 fully saturated rings. The van der Waals surface area contributed by atoms with Crippen molar-refractivity contribution in [1.29, 1.82) is 0 Å². The average molecular weight is 265 g/mol. The fourth-order valence-corrected chi connectivity index (χ4v) is 2.00. The minimum Gasteiger partial charge on any atom is -0.378 e. The summed E-state index contributed by atoms with van der Waals surface area (Å²) in [4.78, 5) is 18.0. The first-order chi connectivity index (χ1) is 9.31. The zero-order valence-corrected chi connectivity index (χ0v) is 11.1. The van der Waals surface area contributed by atoms with Crippen LogP contribution >= 0.6 is 0 Å². The molecule has 0 spiro atoms. The molecule has 0 unspecified atom stereocenters. The number of rotatable bonds is 5. The molecule has 1 aromatic rings. The molecule has 1 aliphatic rings. The lowest BCUT2D eigenvalue weighted by Crippen LogP contribution is -2.38. The van der Waals surface area contributed by atoms with Crippen LogP contribution in [0.2, 0.25) is 0 Å². The predicted octanol–water partition coefficient (Wildman–Crippen LogP) is 0.181. The Bertz CT molecular complexity index is 419. The van der Waals surface area contributed by atoms with Crippen LogP contribution in [0, 0.1) is 0 Å². The predicted molar refractivity (Wildman–Crippen MR) is 71.0 cm³/mol. The van der Waals surface area contributed by atoms with Crippen LogP contribution in [0.3, 0.4) is 0 Å². The second kappa shape index (κ2) is 7.06. The Morgan fingerprint density at radius 1 is 1.53 bits per heavy atom. The van der Waals surface area contributed by atoms with Gasteiger partial charge in [-0.2, -0.15) is 0 Å². The van der Waals surface area contributed by atoms with E-state index in [0.717, 1.165) is 24.5 Å². The molecule has 6 heteroatoms. The Balaban J connectivity index is 2.01. The third-order valence-electron chi connectivity index (χ3n) is 2.93. The molecule has 1 aliphatic heterocycles. The van der Waals surface area contributed by atoms with Crippen LogP contribution in [-0.4, -0.2) is 50.9 Å². The van der Waals surface area contributed by atoms with Crippen LogP contribution in [0.15, 0.2) is 18.3 Å². The van der Waals surface area contributed by atoms with Crippen LogP contribution in [0.1, 0.15) is 5.56 Å². The molecule has 0 atom stereocenters. The fraction of sp³-hybridized carbons (Fsp3) is 0.538. The molecule has 2 heterocycles. The maximum absolute atomic E-state index is 11.4. The maximum Gasteiger partial charge on any atom is 0.246 e. The van der Waals surface area contributed by atoms with Crippen molar-refractivity contribution in [2.75, 3.05) is 44.9 Å². The van der Waals surface area contributed by atoms with Crippen molar-refractivity contribution < 1.29 is 14.3 Å². The zero-order valence-electron chi connectivity index (χ0n) is 11.1. The third-order valence-corrected chi connectivity index (χ3v) is 2.93. The molecule has 0 aromatic carbocycles. The van der Waals surface area contributed by atoms with E-state index in [-0.39, 0.29) is 12.5 Å². The maximum atomic E-state index is 11.4. The molecular formula is C13H19N3O3. The Labute approximate surface area is 112 Å². The van der Waals surface area contributed by atoms with Gasteiger partial charge < -0.3 is 19.7 Å². The van der Waals surface area contributed by atoms with Crippen molar-refractivity contribution in [3.8, 4) is 0 Å². The molecule has 2 rings (SSSR count). The van der Waals surface area contributed by atoms with Gasteiger partial charge in [0.05, 0.1) is 13.2 Å². The van der Waals surface area contributed by atoms with Gasteiger partial charge in [-0.3, -0.25) is 4.79 Å². The first-order valence-electron chi connectivity index (χ1n) is 6.33. The summed E-state index contributed by atoms with van der Waals surface area (Å²) in [5, 5.41) is 2.82. The molecule has 0 bridgehead atoms. The van der Waals surface area contributed by atoms with E-state index >= 15 is 0 Å². The van der Waals surface area contributed by atoms with Gasteiger partial charge in [-0.15, -0.1) is 0 Å². The summed E-state index contributed by atoms with van der Waals surface area (Å²) >= 11 is 0. The zero-order chi connectivity index (χ0) is 13.5. The highest BCUT2D eigenvalue weighted by molar-refractivity contribution is 5.77. The minimum atomic E-state index is -0.126. The molecule has 1 N–H and O–H groups in total. The molecule has 1 amide bonds. The number of hydrogen-bond acceptors (Lipinski definition) is 5. The van der Waals surface area contributed by atoms with Gasteiger partial charge in [-0.25, -0.2) is 4.98 Å². The van der Waals surface area contributed by atoms with Crippen molar-refractivity contribution in [3.63, 3.8) is 0 Å². The summed E-state index contributed by atoms with van der Waals surface area (Å²) in [7, 11) is 1.50. The molecular weight excluding hydrogens is 246 g/mol. The standard InChI is InChI=1S/C13H19N3O3/c1-18-10-12(17)15-9-11-3-2-4-14-13(11)16-5-7-19-8-6-16/h2-4H,5-10H2,1H3,(H,15,17). The molecule has 19 heavy (non-hydrogen) atoms. The second-order valence-electron chi connectivity index (χ2n) is 4.30. The molecule has 0 saturated carbocycles. The molecule has 6 nitrogen and oxygen atoms in total. The van der Waals surface area contributed by atoms with Gasteiger partial charge in [0.15, 0.2) is 0 Å². The highest BCUT2D eigenvalue weighted by Gasteiger charge is 2.15. The number of nitrogens with one attached hydrogen (secondary N) is 1. The monoisotopic (exact) mass is 265 g/mol. The highest BCUT2D eigenvalue weighted by atomic mass is 16.5. The lowest BCUT2D eigenvalue weighted by atomic mass is 10.2. The van der Waals surface area contributed by atoms with Crippen LogP contribution in [0.4, 0.5) is 5.82 Å². The van der Waals surface area contributed by atoms with Crippen LogP contribution < -0.4 is 10.2 Å². The van der Waals surface area contributed by atoms with Crippen molar-refractivity contribution >= 4 is 11.7 Å². The number of ether oxygens (including phenoxy) is 2. The third kappa shape index (κ3) is 3.90. The summed E-state index contributed by atoms with van der Waals surface area (Å²) in [6.45, 7) is 3.63. The van der Waals surface area contributed by atoms with Gasteiger partial charge >= 0.3 is 0 Å². The molecule has 1 aromatic heterocycles. The number of hydrogen-bond donors (Lipinski definition) is 1. The van der Waals surface area contributed by atoms with Crippen molar-refractivity contribution in [2.45, 2.75) is 6.54 Å². The summed E-state index contributed by atoms with van der Waals surface area (Å²) in [6.07, 6.45) is 1.77. The Morgan fingerprint density at radius 3 is 3.05 bits per heavy atom. The van der Waals surface area contributed by atoms with Crippen LogP contribution in [0.25, 0.3) is 0 Å². The van der Waals surface area contributed by atoms with Crippen molar-refractivity contribution in [3.05, 3.63) is 23.9 Å². The Hall–Kier alpha value is -1.66. The number of aromatic nitrogens is 1. The van der Waals surface area contributed by atoms with E-state index in [4.69, 9.17) is 9.47 Å². The van der Waals surface area contributed by atoms with Gasteiger partial charge in [-0.1, -0.05) is 6.07 Å². The summed E-state index contributed by atoms with van der Waals surface area (Å²) in [5.74, 6) is 0.794. The summed E-state index contributed by atoms with van der Waals surface area (Å²) in [6, 6.07) is 3.85. The van der Waals surface area contributed by atoms with E-state index in [1.54, 1.807) is 6.20 Å². The molecule has 0 aliphatic carbocycles. The van der Waals surface area contributed by atoms with Gasteiger partial charge in [0, 0.05) is 38.5 Å². The number of morpholine rings is 1. The van der Waals surface area contributed by atoms with E-state index in [1.807, 2.05) is 12.1 Å². The van der Waals surface area contributed by atoms with E-state index in [9.17, 15) is 4.79 Å². The summed E-state index contributed by atoms with van der Waals surface area (Å²) in [5.41, 5.74) is 1.01. The molecule has 104 valence electrons. The normalized spacial score (nSPS) is 15.3. The Kier molecular flexibility index (Phi) is 5.11. The molecule has 1 saturated heterocycles. The van der Waals surface area contributed by atoms with Gasteiger partial charge in [0.2, 0.25) is 5.91 Å². The van der Waals surface area contributed by atoms with Gasteiger partial charge in [0.25, 0.3) is 0 Å². The number of anilines is 1. The summed E-state index contributed by atoms with van der Waals surface area (Å²) < 4.78 is 10.1. The molecule has 0 radical (unpaired) electrons. The largest absolute Gasteiger partial charge is 0.378 e. The smallest absolute Gasteiger partial charge is 0.246 e. The van der Waals surface area contributed by atoms with Gasteiger partial charge in [0.1, 0.15) is 12.4 Å². The van der Waals surface area contributed by atoms with E-state index in [0.29, 0.717) is 19.8 Å². The minimum absolute atomic E-state index is 0.0765. The van der Waals surface area contributed by atoms with Crippen LogP contribution in [0.5, 0.6) is 0 Å². The lowest BCUT2D eigenvalue weighted by molar-refractivity contribution is -0.124. The van der Waals surface area contributed by atoms with Crippen molar-refractivity contribution in [1.82, 2.24) is 10.3 Å². The number of nitrogens with zero attached hydrogens (tertiary/aromatic N) is 2.